The molecule has 1 aliphatic heterocycles. The minimum atomic E-state index is -0.393. The molecule has 0 saturated carbocycles. The van der Waals surface area contributed by atoms with E-state index in [1.807, 2.05) is 6.92 Å². The predicted molar refractivity (Wildman–Crippen MR) is 101 cm³/mol. The van der Waals surface area contributed by atoms with E-state index in [4.69, 9.17) is 0 Å². The van der Waals surface area contributed by atoms with Crippen molar-refractivity contribution in [3.63, 3.8) is 0 Å². The van der Waals surface area contributed by atoms with Gasteiger partial charge in [0.2, 0.25) is 0 Å². The van der Waals surface area contributed by atoms with Gasteiger partial charge in [0.05, 0.1) is 5.69 Å². The number of halogens is 1. The summed E-state index contributed by atoms with van der Waals surface area (Å²) in [5.41, 5.74) is 3.00. The van der Waals surface area contributed by atoms with Crippen molar-refractivity contribution < 1.29 is 19.0 Å². The zero-order valence-electron chi connectivity index (χ0n) is 15.5. The molecule has 1 amide bonds. The molecule has 1 fully saturated rings. The Morgan fingerprint density at radius 1 is 1.08 bits per heavy atom. The highest BCUT2D eigenvalue weighted by Gasteiger charge is 2.31. The maximum absolute atomic E-state index is 13.7. The highest BCUT2D eigenvalue weighted by atomic mass is 19.1. The molecular weight excluding hydrogens is 329 g/mol. The van der Waals surface area contributed by atoms with Crippen LogP contribution in [0, 0.1) is 12.7 Å². The minimum Gasteiger partial charge on any atom is -0.322 e. The van der Waals surface area contributed by atoms with Crippen LogP contribution in [0.1, 0.15) is 18.1 Å². The van der Waals surface area contributed by atoms with Crippen LogP contribution in [-0.4, -0.2) is 38.1 Å². The van der Waals surface area contributed by atoms with Gasteiger partial charge in [-0.15, -0.1) is 0 Å². The number of amides is 1. The number of nitrogens with one attached hydrogen (secondary N) is 3. The zero-order valence-corrected chi connectivity index (χ0v) is 15.5. The molecule has 138 valence electrons. The van der Waals surface area contributed by atoms with Crippen molar-refractivity contribution in [3.05, 3.63) is 65.5 Å². The second kappa shape index (κ2) is 8.43. The average molecular weight is 357 g/mol. The Bertz CT molecular complexity index is 756. The number of anilines is 1. The Morgan fingerprint density at radius 2 is 1.73 bits per heavy atom. The maximum Gasteiger partial charge on any atom is 0.282 e. The third-order valence-electron chi connectivity index (χ3n) is 5.44. The first-order chi connectivity index (χ1) is 12.5. The monoisotopic (exact) mass is 357 g/mol. The lowest BCUT2D eigenvalue weighted by Crippen LogP contribution is -3.29. The Labute approximate surface area is 154 Å². The minimum absolute atomic E-state index is 0.118. The van der Waals surface area contributed by atoms with Crippen molar-refractivity contribution in [3.8, 4) is 0 Å². The Morgan fingerprint density at radius 3 is 2.42 bits per heavy atom. The van der Waals surface area contributed by atoms with Crippen molar-refractivity contribution >= 4 is 11.6 Å². The summed E-state index contributed by atoms with van der Waals surface area (Å²) in [5.74, 6) is -0.511. The van der Waals surface area contributed by atoms with Crippen molar-refractivity contribution in [1.82, 2.24) is 0 Å². The first kappa shape index (κ1) is 18.5. The molecule has 3 rings (SSSR count). The smallest absolute Gasteiger partial charge is 0.282 e. The van der Waals surface area contributed by atoms with E-state index in [9.17, 15) is 9.18 Å². The van der Waals surface area contributed by atoms with E-state index in [0.717, 1.165) is 32.7 Å². The number of carbonyl (C=O) groups excluding carboxylic acids is 1. The molecule has 0 bridgehead atoms. The van der Waals surface area contributed by atoms with Crippen LogP contribution < -0.4 is 15.1 Å². The number of quaternary nitrogens is 2. The van der Waals surface area contributed by atoms with E-state index >= 15 is 0 Å². The summed E-state index contributed by atoms with van der Waals surface area (Å²) < 4.78 is 13.7. The number of piperazine rings is 1. The molecule has 26 heavy (non-hydrogen) atoms. The molecule has 0 aromatic heterocycles. The van der Waals surface area contributed by atoms with Gasteiger partial charge in [-0.3, -0.25) is 4.79 Å². The number of benzene rings is 2. The largest absolute Gasteiger partial charge is 0.322 e. The molecular formula is C21H28FN3O+2. The van der Waals surface area contributed by atoms with Gasteiger partial charge < -0.3 is 15.1 Å². The lowest BCUT2D eigenvalue weighted by molar-refractivity contribution is -1.02. The van der Waals surface area contributed by atoms with Crippen LogP contribution in [0.5, 0.6) is 0 Å². The van der Waals surface area contributed by atoms with Gasteiger partial charge in [0.1, 0.15) is 38.5 Å². The van der Waals surface area contributed by atoms with Crippen molar-refractivity contribution in [1.29, 1.82) is 0 Å². The number of hydrogen-bond donors (Lipinski definition) is 3. The van der Waals surface area contributed by atoms with E-state index in [-0.39, 0.29) is 17.6 Å². The van der Waals surface area contributed by atoms with Crippen LogP contribution in [-0.2, 0) is 11.3 Å². The highest BCUT2D eigenvalue weighted by Crippen LogP contribution is 2.12. The van der Waals surface area contributed by atoms with Crippen LogP contribution in [0.25, 0.3) is 0 Å². The van der Waals surface area contributed by atoms with Crippen LogP contribution in [0.4, 0.5) is 10.1 Å². The third kappa shape index (κ3) is 4.48. The van der Waals surface area contributed by atoms with Gasteiger partial charge in [-0.25, -0.2) is 4.39 Å². The fraction of sp³-hybridized carbons (Fsp3) is 0.381. The quantitative estimate of drug-likeness (QED) is 0.714. The van der Waals surface area contributed by atoms with Gasteiger partial charge in [0.25, 0.3) is 5.91 Å². The van der Waals surface area contributed by atoms with Crippen LogP contribution >= 0.6 is 0 Å². The second-order valence-electron chi connectivity index (χ2n) is 7.20. The van der Waals surface area contributed by atoms with Crippen LogP contribution in [0.15, 0.2) is 48.5 Å². The molecule has 4 nitrogen and oxygen atoms in total. The van der Waals surface area contributed by atoms with Crippen LogP contribution in [0.3, 0.4) is 0 Å². The molecule has 0 unspecified atom stereocenters. The van der Waals surface area contributed by atoms with E-state index < -0.39 is 5.82 Å². The van der Waals surface area contributed by atoms with Crippen molar-refractivity contribution in [2.45, 2.75) is 26.4 Å². The molecule has 0 radical (unpaired) electrons. The molecule has 2 aromatic carbocycles. The number of carbonyl (C=O) groups is 1. The summed E-state index contributed by atoms with van der Waals surface area (Å²) in [6, 6.07) is 14.7. The fourth-order valence-electron chi connectivity index (χ4n) is 3.60. The zero-order chi connectivity index (χ0) is 18.5. The first-order valence-electron chi connectivity index (χ1n) is 9.32. The van der Waals surface area contributed by atoms with Gasteiger partial charge in [-0.2, -0.15) is 0 Å². The summed E-state index contributed by atoms with van der Waals surface area (Å²) in [5, 5.41) is 2.72. The Balaban J connectivity index is 1.52. The standard InChI is InChI=1S/C21H26FN3O/c1-16-7-3-4-8-18(16)15-24-11-13-25(14-12-24)17(2)21(26)23-20-10-6-5-9-19(20)22/h3-10,17H,11-15H2,1-2H3,(H,23,26)/p+2/t17-/m0/s1. The molecule has 0 spiro atoms. The predicted octanol–water partition coefficient (Wildman–Crippen LogP) is 0.445. The Kier molecular flexibility index (Phi) is 6.01. The third-order valence-corrected chi connectivity index (χ3v) is 5.44. The van der Waals surface area contributed by atoms with E-state index in [0.29, 0.717) is 0 Å². The molecule has 3 N–H and O–H groups in total. The van der Waals surface area contributed by atoms with Gasteiger partial charge in [-0.1, -0.05) is 36.4 Å². The molecule has 2 aromatic rings. The first-order valence-corrected chi connectivity index (χ1v) is 9.32. The summed E-state index contributed by atoms with van der Waals surface area (Å²) >= 11 is 0. The van der Waals surface area contributed by atoms with Crippen molar-refractivity contribution in [2.24, 2.45) is 0 Å². The van der Waals surface area contributed by atoms with E-state index in [2.05, 4.69) is 36.5 Å². The van der Waals surface area contributed by atoms with Gasteiger partial charge in [-0.05, 0) is 31.5 Å². The lowest BCUT2D eigenvalue weighted by atomic mass is 10.1. The molecule has 1 atom stereocenters. The molecule has 5 heteroatoms. The van der Waals surface area contributed by atoms with E-state index in [1.165, 1.54) is 22.1 Å². The normalized spacial score (nSPS) is 21.2. The molecule has 0 aliphatic carbocycles. The summed E-state index contributed by atoms with van der Waals surface area (Å²) in [7, 11) is 0. The van der Waals surface area contributed by atoms with Gasteiger partial charge >= 0.3 is 0 Å². The maximum atomic E-state index is 13.7. The van der Waals surface area contributed by atoms with Gasteiger partial charge in [0.15, 0.2) is 6.04 Å². The Hall–Kier alpha value is -2.24. The number of rotatable bonds is 5. The average Bonchev–Trinajstić information content (AvgIpc) is 2.65. The van der Waals surface area contributed by atoms with Crippen molar-refractivity contribution in [2.75, 3.05) is 31.5 Å². The summed E-state index contributed by atoms with van der Waals surface area (Å²) in [6.07, 6.45) is 0. The van der Waals surface area contributed by atoms with E-state index in [1.54, 1.807) is 23.1 Å². The molecule has 1 aliphatic rings. The topological polar surface area (TPSA) is 38.0 Å². The van der Waals surface area contributed by atoms with Crippen LogP contribution in [0.2, 0.25) is 0 Å². The lowest BCUT2D eigenvalue weighted by Gasteiger charge is -2.32. The number of hydrogen-bond acceptors (Lipinski definition) is 1. The SMILES string of the molecule is Cc1ccccc1C[NH+]1CC[NH+]([C@@H](C)C(=O)Nc2ccccc2F)CC1. The summed E-state index contributed by atoms with van der Waals surface area (Å²) in [6.45, 7) is 9.11. The second-order valence-corrected chi connectivity index (χ2v) is 7.20. The molecule has 1 saturated heterocycles. The highest BCUT2D eigenvalue weighted by molar-refractivity contribution is 5.93. The summed E-state index contributed by atoms with van der Waals surface area (Å²) in [4.78, 5) is 15.3. The number of para-hydroxylation sites is 1. The fourth-order valence-corrected chi connectivity index (χ4v) is 3.60. The van der Waals surface area contributed by atoms with Gasteiger partial charge in [0, 0.05) is 5.56 Å². The number of aryl methyl sites for hydroxylation is 1. The molecule has 1 heterocycles.